The molecule has 0 spiro atoms. The number of nitrogen functional groups attached to an aromatic ring is 1. The molecule has 0 saturated carbocycles. The van der Waals surface area contributed by atoms with Crippen LogP contribution in [0.25, 0.3) is 11.2 Å². The Labute approximate surface area is 87.3 Å². The Morgan fingerprint density at radius 1 is 1.53 bits per heavy atom. The van der Waals surface area contributed by atoms with Crippen LogP contribution in [0.1, 0.15) is 25.2 Å². The first kappa shape index (κ1) is 9.85. The van der Waals surface area contributed by atoms with E-state index < -0.39 is 0 Å². The van der Waals surface area contributed by atoms with Gasteiger partial charge in [0.25, 0.3) is 0 Å². The SMILES string of the molecule is CCC(NC)c1nc2ncnc(N)c2[nH]1. The van der Waals surface area contributed by atoms with E-state index in [4.69, 9.17) is 5.73 Å². The topological polar surface area (TPSA) is 92.5 Å². The summed E-state index contributed by atoms with van der Waals surface area (Å²) in [5, 5.41) is 3.17. The molecule has 0 aliphatic carbocycles. The van der Waals surface area contributed by atoms with Gasteiger partial charge in [-0.1, -0.05) is 6.92 Å². The molecule has 2 aromatic rings. The van der Waals surface area contributed by atoms with Crippen LogP contribution in [0.5, 0.6) is 0 Å². The summed E-state index contributed by atoms with van der Waals surface area (Å²) in [6.07, 6.45) is 2.37. The Kier molecular flexibility index (Phi) is 2.51. The largest absolute Gasteiger partial charge is 0.382 e. The van der Waals surface area contributed by atoms with E-state index in [-0.39, 0.29) is 6.04 Å². The van der Waals surface area contributed by atoms with Crippen LogP contribution >= 0.6 is 0 Å². The maximum atomic E-state index is 5.71. The number of hydrogen-bond donors (Lipinski definition) is 3. The highest BCUT2D eigenvalue weighted by Gasteiger charge is 2.13. The average Bonchev–Trinajstić information content (AvgIpc) is 2.65. The third-order valence-corrected chi connectivity index (χ3v) is 2.42. The predicted octanol–water partition coefficient (Wildman–Crippen LogP) is 0.606. The number of rotatable bonds is 3. The standard InChI is InChI=1S/C9H14N6/c1-3-5(11-2)8-14-6-7(10)12-4-13-9(6)15-8/h4-5,11H,3H2,1-2H3,(H3,10,12,13,14,15). The van der Waals surface area contributed by atoms with E-state index in [1.54, 1.807) is 0 Å². The fourth-order valence-corrected chi connectivity index (χ4v) is 1.56. The number of fused-ring (bicyclic) bond motifs is 1. The Bertz CT molecular complexity index is 459. The van der Waals surface area contributed by atoms with Crippen molar-refractivity contribution in [3.63, 3.8) is 0 Å². The van der Waals surface area contributed by atoms with Crippen LogP contribution in [0.4, 0.5) is 5.82 Å². The summed E-state index contributed by atoms with van der Waals surface area (Å²) >= 11 is 0. The van der Waals surface area contributed by atoms with Crippen molar-refractivity contribution in [3.8, 4) is 0 Å². The summed E-state index contributed by atoms with van der Waals surface area (Å²) in [7, 11) is 1.90. The van der Waals surface area contributed by atoms with Crippen molar-refractivity contribution >= 4 is 17.0 Å². The lowest BCUT2D eigenvalue weighted by Crippen LogP contribution is -2.16. The summed E-state index contributed by atoms with van der Waals surface area (Å²) in [5.74, 6) is 1.28. The van der Waals surface area contributed by atoms with E-state index in [1.807, 2.05) is 7.05 Å². The minimum Gasteiger partial charge on any atom is -0.382 e. The molecular weight excluding hydrogens is 192 g/mol. The first-order valence-corrected chi connectivity index (χ1v) is 4.89. The van der Waals surface area contributed by atoms with Gasteiger partial charge in [-0.25, -0.2) is 15.0 Å². The number of nitrogens with zero attached hydrogens (tertiary/aromatic N) is 3. The zero-order valence-electron chi connectivity index (χ0n) is 8.78. The Morgan fingerprint density at radius 3 is 2.93 bits per heavy atom. The molecule has 2 aromatic heterocycles. The first-order valence-electron chi connectivity index (χ1n) is 4.89. The number of imidazole rings is 1. The van der Waals surface area contributed by atoms with Gasteiger partial charge < -0.3 is 16.0 Å². The number of aromatic nitrogens is 4. The van der Waals surface area contributed by atoms with Crippen molar-refractivity contribution < 1.29 is 0 Å². The molecule has 0 aliphatic rings. The van der Waals surface area contributed by atoms with Gasteiger partial charge in [0.1, 0.15) is 17.7 Å². The van der Waals surface area contributed by atoms with Crippen LogP contribution in [-0.4, -0.2) is 27.0 Å². The van der Waals surface area contributed by atoms with E-state index >= 15 is 0 Å². The highest BCUT2D eigenvalue weighted by Crippen LogP contribution is 2.18. The van der Waals surface area contributed by atoms with Crippen molar-refractivity contribution in [3.05, 3.63) is 12.2 Å². The predicted molar refractivity (Wildman–Crippen MR) is 58.2 cm³/mol. The van der Waals surface area contributed by atoms with E-state index in [2.05, 4.69) is 32.2 Å². The Hall–Kier alpha value is -1.69. The molecule has 6 heteroatoms. The van der Waals surface area contributed by atoms with E-state index in [0.29, 0.717) is 17.0 Å². The molecule has 15 heavy (non-hydrogen) atoms. The lowest BCUT2D eigenvalue weighted by Gasteiger charge is -2.09. The van der Waals surface area contributed by atoms with Crippen molar-refractivity contribution in [2.24, 2.45) is 0 Å². The zero-order chi connectivity index (χ0) is 10.8. The van der Waals surface area contributed by atoms with Gasteiger partial charge in [0.15, 0.2) is 11.5 Å². The monoisotopic (exact) mass is 206 g/mol. The van der Waals surface area contributed by atoms with Crippen molar-refractivity contribution in [1.82, 2.24) is 25.3 Å². The van der Waals surface area contributed by atoms with Crippen molar-refractivity contribution in [2.75, 3.05) is 12.8 Å². The fourth-order valence-electron chi connectivity index (χ4n) is 1.56. The van der Waals surface area contributed by atoms with Crippen LogP contribution in [0.2, 0.25) is 0 Å². The van der Waals surface area contributed by atoms with E-state index in [9.17, 15) is 0 Å². The minimum atomic E-state index is 0.193. The molecule has 0 fully saturated rings. The lowest BCUT2D eigenvalue weighted by atomic mass is 10.2. The second-order valence-electron chi connectivity index (χ2n) is 3.33. The Morgan fingerprint density at radius 2 is 2.33 bits per heavy atom. The van der Waals surface area contributed by atoms with E-state index in [1.165, 1.54) is 6.33 Å². The minimum absolute atomic E-state index is 0.193. The summed E-state index contributed by atoms with van der Waals surface area (Å²) in [6.45, 7) is 2.09. The molecule has 1 unspecified atom stereocenters. The maximum Gasteiger partial charge on any atom is 0.183 e. The van der Waals surface area contributed by atoms with Gasteiger partial charge in [0.2, 0.25) is 0 Å². The van der Waals surface area contributed by atoms with Crippen LogP contribution in [0.3, 0.4) is 0 Å². The van der Waals surface area contributed by atoms with Gasteiger partial charge in [-0.15, -0.1) is 0 Å². The van der Waals surface area contributed by atoms with Gasteiger partial charge in [-0.05, 0) is 13.5 Å². The highest BCUT2D eigenvalue weighted by molar-refractivity contribution is 5.81. The second kappa shape index (κ2) is 3.82. The van der Waals surface area contributed by atoms with Crippen LogP contribution in [0.15, 0.2) is 6.33 Å². The van der Waals surface area contributed by atoms with Gasteiger partial charge >= 0.3 is 0 Å². The fraction of sp³-hybridized carbons (Fsp3) is 0.444. The third kappa shape index (κ3) is 1.63. The second-order valence-corrected chi connectivity index (χ2v) is 3.33. The van der Waals surface area contributed by atoms with Crippen molar-refractivity contribution in [1.29, 1.82) is 0 Å². The molecule has 0 aromatic carbocycles. The number of nitrogens with two attached hydrogens (primary N) is 1. The van der Waals surface area contributed by atoms with Crippen LogP contribution in [0, 0.1) is 0 Å². The summed E-state index contributed by atoms with van der Waals surface area (Å²) < 4.78 is 0. The lowest BCUT2D eigenvalue weighted by molar-refractivity contribution is 0.551. The number of H-pyrrole nitrogens is 1. The Balaban J connectivity index is 2.51. The van der Waals surface area contributed by atoms with Gasteiger partial charge in [-0.2, -0.15) is 0 Å². The molecule has 6 nitrogen and oxygen atoms in total. The summed E-state index contributed by atoms with van der Waals surface area (Å²) in [4.78, 5) is 15.5. The molecule has 4 N–H and O–H groups in total. The molecule has 1 atom stereocenters. The number of anilines is 1. The molecule has 2 rings (SSSR count). The zero-order valence-corrected chi connectivity index (χ0v) is 8.78. The number of hydrogen-bond acceptors (Lipinski definition) is 5. The molecule has 0 saturated heterocycles. The summed E-state index contributed by atoms with van der Waals surface area (Å²) in [5.41, 5.74) is 7.04. The molecule has 80 valence electrons. The summed E-state index contributed by atoms with van der Waals surface area (Å²) in [6, 6.07) is 0.193. The van der Waals surface area contributed by atoms with Gasteiger partial charge in [0, 0.05) is 0 Å². The first-order chi connectivity index (χ1) is 7.26. The number of aromatic amines is 1. The molecule has 0 aliphatic heterocycles. The molecule has 2 heterocycles. The normalized spacial score (nSPS) is 13.2. The average molecular weight is 206 g/mol. The molecule has 0 bridgehead atoms. The quantitative estimate of drug-likeness (QED) is 0.684. The van der Waals surface area contributed by atoms with Crippen LogP contribution in [-0.2, 0) is 0 Å². The third-order valence-electron chi connectivity index (χ3n) is 2.42. The van der Waals surface area contributed by atoms with Gasteiger partial charge in [-0.3, -0.25) is 0 Å². The molecule has 0 amide bonds. The molecular formula is C9H14N6. The van der Waals surface area contributed by atoms with Crippen LogP contribution < -0.4 is 11.1 Å². The number of nitrogens with one attached hydrogen (secondary N) is 2. The van der Waals surface area contributed by atoms with Crippen molar-refractivity contribution in [2.45, 2.75) is 19.4 Å². The maximum absolute atomic E-state index is 5.71. The smallest absolute Gasteiger partial charge is 0.183 e. The highest BCUT2D eigenvalue weighted by atomic mass is 15.1. The van der Waals surface area contributed by atoms with E-state index in [0.717, 1.165) is 12.2 Å². The molecule has 0 radical (unpaired) electrons. The van der Waals surface area contributed by atoms with Gasteiger partial charge in [0.05, 0.1) is 6.04 Å².